The standard InChI is InChI=1S/C13H15N3/c1-14-11-6-5-10-3-2-4-13-15-7-8-16(13)12(10)9-11/h5-9,14H,2-4H2,1H3. The number of hydrogen-bond acceptors (Lipinski definition) is 2. The first-order valence-electron chi connectivity index (χ1n) is 5.72. The van der Waals surface area contributed by atoms with Crippen LogP contribution in [-0.2, 0) is 12.8 Å². The number of fused-ring (bicyclic) bond motifs is 3. The largest absolute Gasteiger partial charge is 0.388 e. The van der Waals surface area contributed by atoms with Crippen LogP contribution in [-0.4, -0.2) is 16.6 Å². The Kier molecular flexibility index (Phi) is 2.17. The molecule has 0 saturated heterocycles. The molecule has 3 heteroatoms. The van der Waals surface area contributed by atoms with Crippen molar-refractivity contribution in [3.63, 3.8) is 0 Å². The molecule has 0 atom stereocenters. The topological polar surface area (TPSA) is 29.9 Å². The van der Waals surface area contributed by atoms with E-state index >= 15 is 0 Å². The fourth-order valence-corrected chi connectivity index (χ4v) is 2.33. The van der Waals surface area contributed by atoms with E-state index in [1.54, 1.807) is 0 Å². The van der Waals surface area contributed by atoms with Crippen LogP contribution < -0.4 is 5.32 Å². The van der Waals surface area contributed by atoms with Gasteiger partial charge in [-0.1, -0.05) is 6.07 Å². The second-order valence-electron chi connectivity index (χ2n) is 4.16. The van der Waals surface area contributed by atoms with Crippen LogP contribution in [0.4, 0.5) is 5.69 Å². The van der Waals surface area contributed by atoms with E-state index < -0.39 is 0 Å². The molecule has 0 aliphatic carbocycles. The zero-order chi connectivity index (χ0) is 11.0. The summed E-state index contributed by atoms with van der Waals surface area (Å²) in [5.41, 5.74) is 3.84. The van der Waals surface area contributed by atoms with E-state index in [1.165, 1.54) is 23.5 Å². The second kappa shape index (κ2) is 3.67. The van der Waals surface area contributed by atoms with E-state index in [1.807, 2.05) is 13.2 Å². The smallest absolute Gasteiger partial charge is 0.113 e. The molecule has 1 aromatic carbocycles. The summed E-state index contributed by atoms with van der Waals surface area (Å²) in [5.74, 6) is 1.17. The average Bonchev–Trinajstić information content (AvgIpc) is 2.71. The summed E-state index contributed by atoms with van der Waals surface area (Å²) in [6.07, 6.45) is 7.33. The Bertz CT molecular complexity index is 514. The molecule has 82 valence electrons. The number of nitrogens with zero attached hydrogens (tertiary/aromatic N) is 2. The van der Waals surface area contributed by atoms with Gasteiger partial charge in [0.25, 0.3) is 0 Å². The van der Waals surface area contributed by atoms with Crippen LogP contribution in [0.1, 0.15) is 17.8 Å². The van der Waals surface area contributed by atoms with Crippen LogP contribution in [0.5, 0.6) is 0 Å². The SMILES string of the molecule is CNc1ccc2c(c1)-n1ccnc1CCC2. The lowest BCUT2D eigenvalue weighted by Crippen LogP contribution is -2.00. The number of rotatable bonds is 1. The van der Waals surface area contributed by atoms with Crippen molar-refractivity contribution in [1.29, 1.82) is 0 Å². The van der Waals surface area contributed by atoms with Gasteiger partial charge in [0, 0.05) is 31.5 Å². The minimum atomic E-state index is 1.07. The van der Waals surface area contributed by atoms with Gasteiger partial charge in [0.05, 0.1) is 5.69 Å². The minimum Gasteiger partial charge on any atom is -0.388 e. The van der Waals surface area contributed by atoms with Crippen LogP contribution in [0, 0.1) is 0 Å². The lowest BCUT2D eigenvalue weighted by atomic mass is 10.1. The number of imidazole rings is 1. The van der Waals surface area contributed by atoms with Crippen molar-refractivity contribution in [2.45, 2.75) is 19.3 Å². The Balaban J connectivity index is 2.21. The van der Waals surface area contributed by atoms with Gasteiger partial charge in [0.1, 0.15) is 5.82 Å². The molecule has 0 radical (unpaired) electrons. The normalized spacial score (nSPS) is 13.8. The number of anilines is 1. The molecule has 2 aromatic rings. The molecule has 1 N–H and O–H groups in total. The minimum absolute atomic E-state index is 1.07. The quantitative estimate of drug-likeness (QED) is 0.788. The van der Waals surface area contributed by atoms with Gasteiger partial charge < -0.3 is 9.88 Å². The third kappa shape index (κ3) is 1.40. The molecule has 3 rings (SSSR count). The van der Waals surface area contributed by atoms with Crippen LogP contribution in [0.2, 0.25) is 0 Å². The van der Waals surface area contributed by atoms with Crippen LogP contribution >= 0.6 is 0 Å². The van der Waals surface area contributed by atoms with Crippen molar-refractivity contribution < 1.29 is 0 Å². The highest BCUT2D eigenvalue weighted by atomic mass is 15.1. The Labute approximate surface area is 95.1 Å². The van der Waals surface area contributed by atoms with Crippen molar-refractivity contribution in [3.05, 3.63) is 42.0 Å². The molecule has 2 heterocycles. The van der Waals surface area contributed by atoms with E-state index in [-0.39, 0.29) is 0 Å². The molecule has 0 spiro atoms. The maximum absolute atomic E-state index is 4.41. The van der Waals surface area contributed by atoms with E-state index in [2.05, 4.69) is 39.3 Å². The molecule has 3 nitrogen and oxygen atoms in total. The summed E-state index contributed by atoms with van der Waals surface area (Å²) in [6.45, 7) is 0. The molecular formula is C13H15N3. The highest BCUT2D eigenvalue weighted by Crippen LogP contribution is 2.25. The number of aromatic nitrogens is 2. The first kappa shape index (κ1) is 9.46. The van der Waals surface area contributed by atoms with Crippen molar-refractivity contribution in [2.24, 2.45) is 0 Å². The Morgan fingerprint density at radius 3 is 3.12 bits per heavy atom. The number of nitrogens with one attached hydrogen (secondary N) is 1. The van der Waals surface area contributed by atoms with Crippen LogP contribution in [0.3, 0.4) is 0 Å². The van der Waals surface area contributed by atoms with Gasteiger partial charge >= 0.3 is 0 Å². The number of aryl methyl sites for hydroxylation is 2. The van der Waals surface area contributed by atoms with Crippen LogP contribution in [0.15, 0.2) is 30.6 Å². The van der Waals surface area contributed by atoms with Gasteiger partial charge in [-0.3, -0.25) is 0 Å². The molecule has 0 fully saturated rings. The summed E-state index contributed by atoms with van der Waals surface area (Å²) in [7, 11) is 1.95. The fourth-order valence-electron chi connectivity index (χ4n) is 2.33. The van der Waals surface area contributed by atoms with E-state index in [0.717, 1.165) is 18.5 Å². The monoisotopic (exact) mass is 213 g/mol. The van der Waals surface area contributed by atoms with Gasteiger partial charge in [-0.15, -0.1) is 0 Å². The predicted molar refractivity (Wildman–Crippen MR) is 65.1 cm³/mol. The molecule has 1 aliphatic heterocycles. The molecule has 1 aromatic heterocycles. The summed E-state index contributed by atoms with van der Waals surface area (Å²) >= 11 is 0. The third-order valence-electron chi connectivity index (χ3n) is 3.20. The second-order valence-corrected chi connectivity index (χ2v) is 4.16. The van der Waals surface area contributed by atoms with E-state index in [4.69, 9.17) is 0 Å². The molecule has 0 unspecified atom stereocenters. The maximum atomic E-state index is 4.41. The summed E-state index contributed by atoms with van der Waals surface area (Å²) in [4.78, 5) is 4.41. The summed E-state index contributed by atoms with van der Waals surface area (Å²) in [5, 5.41) is 3.19. The first-order valence-corrected chi connectivity index (χ1v) is 5.72. The maximum Gasteiger partial charge on any atom is 0.113 e. The lowest BCUT2D eigenvalue weighted by Gasteiger charge is -2.11. The van der Waals surface area contributed by atoms with Crippen molar-refractivity contribution in [3.8, 4) is 5.69 Å². The molecule has 0 saturated carbocycles. The van der Waals surface area contributed by atoms with E-state index in [0.29, 0.717) is 0 Å². The molecule has 1 aliphatic rings. The summed E-state index contributed by atoms with van der Waals surface area (Å²) < 4.78 is 2.21. The number of hydrogen-bond donors (Lipinski definition) is 1. The Morgan fingerprint density at radius 2 is 2.25 bits per heavy atom. The van der Waals surface area contributed by atoms with E-state index in [9.17, 15) is 0 Å². The van der Waals surface area contributed by atoms with Gasteiger partial charge in [0.2, 0.25) is 0 Å². The van der Waals surface area contributed by atoms with Crippen molar-refractivity contribution in [2.75, 3.05) is 12.4 Å². The predicted octanol–water partition coefficient (Wildman–Crippen LogP) is 2.40. The van der Waals surface area contributed by atoms with Crippen LogP contribution in [0.25, 0.3) is 5.69 Å². The third-order valence-corrected chi connectivity index (χ3v) is 3.20. The van der Waals surface area contributed by atoms with Gasteiger partial charge in [-0.25, -0.2) is 4.98 Å². The molecule has 0 bridgehead atoms. The zero-order valence-electron chi connectivity index (χ0n) is 9.40. The van der Waals surface area contributed by atoms with Crippen molar-refractivity contribution in [1.82, 2.24) is 9.55 Å². The first-order chi connectivity index (χ1) is 7.88. The average molecular weight is 213 g/mol. The Morgan fingerprint density at radius 1 is 1.31 bits per heavy atom. The van der Waals surface area contributed by atoms with Gasteiger partial charge in [0.15, 0.2) is 0 Å². The highest BCUT2D eigenvalue weighted by Gasteiger charge is 2.14. The molecule has 0 amide bonds. The highest BCUT2D eigenvalue weighted by molar-refractivity contribution is 5.56. The van der Waals surface area contributed by atoms with Crippen molar-refractivity contribution >= 4 is 5.69 Å². The number of benzene rings is 1. The fraction of sp³-hybridized carbons (Fsp3) is 0.308. The Hall–Kier alpha value is -1.77. The van der Waals surface area contributed by atoms with Gasteiger partial charge in [-0.05, 0) is 30.5 Å². The lowest BCUT2D eigenvalue weighted by molar-refractivity contribution is 0.790. The molecular weight excluding hydrogens is 198 g/mol. The zero-order valence-corrected chi connectivity index (χ0v) is 9.40. The van der Waals surface area contributed by atoms with Gasteiger partial charge in [-0.2, -0.15) is 0 Å². The molecule has 16 heavy (non-hydrogen) atoms. The summed E-state index contributed by atoms with van der Waals surface area (Å²) in [6, 6.07) is 6.56.